The Morgan fingerprint density at radius 2 is 2.14 bits per heavy atom. The number of carbonyl (C=O) groups is 2. The van der Waals surface area contributed by atoms with Crippen LogP contribution in [0.2, 0.25) is 5.02 Å². The maximum absolute atomic E-state index is 12.3. The zero-order valence-corrected chi connectivity index (χ0v) is 12.9. The fraction of sp³-hybridized carbons (Fsp3) is 0.357. The molecular formula is C14H13Cl2N3O2. The lowest BCUT2D eigenvalue weighted by Crippen LogP contribution is -2.27. The minimum atomic E-state index is -0.566. The van der Waals surface area contributed by atoms with Crippen molar-refractivity contribution >= 4 is 46.0 Å². The summed E-state index contributed by atoms with van der Waals surface area (Å²) in [5.41, 5.74) is 1.50. The van der Waals surface area contributed by atoms with E-state index in [1.54, 1.807) is 22.8 Å². The van der Waals surface area contributed by atoms with Crippen molar-refractivity contribution in [2.24, 2.45) is 0 Å². The number of imidazole rings is 1. The van der Waals surface area contributed by atoms with E-state index in [4.69, 9.17) is 23.2 Å². The molecule has 0 saturated carbocycles. The molecule has 2 heterocycles. The first kappa shape index (κ1) is 14.4. The fourth-order valence-electron chi connectivity index (χ4n) is 2.66. The molecule has 1 unspecified atom stereocenters. The van der Waals surface area contributed by atoms with E-state index in [0.717, 1.165) is 15.9 Å². The minimum Gasteiger partial charge on any atom is -0.315 e. The molecule has 3 rings (SSSR count). The molecule has 2 amide bonds. The maximum atomic E-state index is 12.3. The number of benzene rings is 1. The third-order valence-corrected chi connectivity index (χ3v) is 4.14. The second kappa shape index (κ2) is 5.31. The van der Waals surface area contributed by atoms with Crippen LogP contribution in [-0.4, -0.2) is 39.2 Å². The van der Waals surface area contributed by atoms with Crippen molar-refractivity contribution in [3.63, 3.8) is 0 Å². The summed E-state index contributed by atoms with van der Waals surface area (Å²) >= 11 is 11.9. The Balaban J connectivity index is 2.19. The summed E-state index contributed by atoms with van der Waals surface area (Å²) in [6.45, 7) is 0. The van der Waals surface area contributed by atoms with Gasteiger partial charge in [0, 0.05) is 24.4 Å². The molecular weight excluding hydrogens is 313 g/mol. The number of hydrogen-bond donors (Lipinski definition) is 0. The predicted molar refractivity (Wildman–Crippen MR) is 80.6 cm³/mol. The monoisotopic (exact) mass is 325 g/mol. The van der Waals surface area contributed by atoms with Crippen molar-refractivity contribution in [1.82, 2.24) is 14.5 Å². The van der Waals surface area contributed by atoms with Crippen molar-refractivity contribution in [3.05, 3.63) is 29.0 Å². The average Bonchev–Trinajstić information content (AvgIpc) is 2.91. The van der Waals surface area contributed by atoms with Gasteiger partial charge in [-0.15, -0.1) is 11.6 Å². The molecule has 0 spiro atoms. The first-order valence-corrected chi connectivity index (χ1v) is 7.47. The Hall–Kier alpha value is -1.59. The normalized spacial score (nSPS) is 19.0. The highest BCUT2D eigenvalue weighted by atomic mass is 35.5. The highest BCUT2D eigenvalue weighted by molar-refractivity contribution is 6.31. The van der Waals surface area contributed by atoms with E-state index in [1.807, 2.05) is 0 Å². The molecule has 5 nitrogen and oxygen atoms in total. The smallest absolute Gasteiger partial charge is 0.252 e. The van der Waals surface area contributed by atoms with Gasteiger partial charge in [-0.2, -0.15) is 0 Å². The molecule has 2 aromatic rings. The molecule has 1 saturated heterocycles. The van der Waals surface area contributed by atoms with Crippen molar-refractivity contribution in [2.45, 2.75) is 18.9 Å². The van der Waals surface area contributed by atoms with Crippen molar-refractivity contribution in [3.8, 4) is 0 Å². The van der Waals surface area contributed by atoms with Crippen LogP contribution in [0.1, 0.15) is 18.3 Å². The number of carbonyl (C=O) groups excluding carboxylic acids is 2. The van der Waals surface area contributed by atoms with Gasteiger partial charge in [0.25, 0.3) is 5.91 Å². The maximum Gasteiger partial charge on any atom is 0.252 e. The number of aryl methyl sites for hydroxylation is 1. The fourth-order valence-corrected chi connectivity index (χ4v) is 3.00. The van der Waals surface area contributed by atoms with E-state index >= 15 is 0 Å². The summed E-state index contributed by atoms with van der Waals surface area (Å²) in [4.78, 5) is 29.7. The number of aromatic nitrogens is 2. The highest BCUT2D eigenvalue weighted by Gasteiger charge is 2.39. The summed E-state index contributed by atoms with van der Waals surface area (Å²) in [6, 6.07) is 4.75. The summed E-state index contributed by atoms with van der Waals surface area (Å²) in [5.74, 6) is 0.673. The van der Waals surface area contributed by atoms with Crippen LogP contribution >= 0.6 is 23.2 Å². The number of hydrogen-bond acceptors (Lipinski definition) is 3. The van der Waals surface area contributed by atoms with Crippen molar-refractivity contribution < 1.29 is 9.59 Å². The Morgan fingerprint density at radius 3 is 2.76 bits per heavy atom. The number of amides is 2. The molecule has 1 atom stereocenters. The van der Waals surface area contributed by atoms with Crippen LogP contribution in [0.4, 0.5) is 0 Å². The highest BCUT2D eigenvalue weighted by Crippen LogP contribution is 2.31. The Morgan fingerprint density at radius 1 is 1.38 bits per heavy atom. The summed E-state index contributed by atoms with van der Waals surface area (Å²) in [7, 11) is 1.50. The molecule has 7 heteroatoms. The summed E-state index contributed by atoms with van der Waals surface area (Å²) in [6.07, 6.45) is 0.665. The zero-order valence-electron chi connectivity index (χ0n) is 11.3. The van der Waals surface area contributed by atoms with E-state index in [0.29, 0.717) is 23.1 Å². The van der Waals surface area contributed by atoms with E-state index in [1.165, 1.54) is 7.05 Å². The number of likely N-dealkylation sites (N-methyl/N-ethyl adjacent to an activating group) is 1. The molecule has 1 aromatic carbocycles. The molecule has 21 heavy (non-hydrogen) atoms. The van der Waals surface area contributed by atoms with Crippen LogP contribution in [-0.2, 0) is 16.0 Å². The SMILES string of the molecule is CN1C(=O)CC(n2c(CCCl)nc3ccc(Cl)cc32)C1=O. The molecule has 0 N–H and O–H groups in total. The minimum absolute atomic E-state index is 0.141. The number of rotatable bonds is 3. The van der Waals surface area contributed by atoms with Crippen LogP contribution in [0, 0.1) is 0 Å². The van der Waals surface area contributed by atoms with Crippen molar-refractivity contribution in [1.29, 1.82) is 0 Å². The third kappa shape index (κ3) is 2.30. The number of halogens is 2. The van der Waals surface area contributed by atoms with Crippen LogP contribution in [0.5, 0.6) is 0 Å². The molecule has 0 bridgehead atoms. The molecule has 1 aliphatic rings. The van der Waals surface area contributed by atoms with Gasteiger partial charge in [0.2, 0.25) is 5.91 Å². The lowest BCUT2D eigenvalue weighted by molar-refractivity contribution is -0.137. The van der Waals surface area contributed by atoms with Gasteiger partial charge in [-0.05, 0) is 18.2 Å². The van der Waals surface area contributed by atoms with Crippen LogP contribution in [0.15, 0.2) is 18.2 Å². The van der Waals surface area contributed by atoms with Gasteiger partial charge in [-0.25, -0.2) is 4.98 Å². The molecule has 110 valence electrons. The van der Waals surface area contributed by atoms with Gasteiger partial charge in [0.15, 0.2) is 0 Å². The zero-order chi connectivity index (χ0) is 15.1. The molecule has 1 fully saturated rings. The largest absolute Gasteiger partial charge is 0.315 e. The van der Waals surface area contributed by atoms with E-state index in [9.17, 15) is 9.59 Å². The van der Waals surface area contributed by atoms with E-state index in [2.05, 4.69) is 4.98 Å². The first-order chi connectivity index (χ1) is 10.0. The Bertz CT molecular complexity index is 741. The first-order valence-electron chi connectivity index (χ1n) is 6.55. The Labute approximate surface area is 131 Å². The van der Waals surface area contributed by atoms with Crippen LogP contribution in [0.3, 0.4) is 0 Å². The van der Waals surface area contributed by atoms with Gasteiger partial charge in [0.05, 0.1) is 17.5 Å². The Kier molecular flexibility index (Phi) is 3.63. The lowest BCUT2D eigenvalue weighted by Gasteiger charge is -2.14. The standard InChI is InChI=1S/C14H13Cl2N3O2/c1-18-13(20)7-11(14(18)21)19-10-6-8(16)2-3-9(10)17-12(19)4-5-15/h2-3,6,11H,4-5,7H2,1H3. The van der Waals surface area contributed by atoms with Crippen molar-refractivity contribution in [2.75, 3.05) is 12.9 Å². The molecule has 1 aliphatic heterocycles. The van der Waals surface area contributed by atoms with Gasteiger partial charge in [-0.3, -0.25) is 14.5 Å². The number of alkyl halides is 1. The molecule has 0 radical (unpaired) electrons. The van der Waals surface area contributed by atoms with E-state index < -0.39 is 6.04 Å². The number of fused-ring (bicyclic) bond motifs is 1. The predicted octanol–water partition coefficient (Wildman–Crippen LogP) is 2.40. The van der Waals surface area contributed by atoms with Gasteiger partial charge >= 0.3 is 0 Å². The number of nitrogens with zero attached hydrogens (tertiary/aromatic N) is 3. The van der Waals surface area contributed by atoms with Gasteiger partial charge < -0.3 is 4.57 Å². The van der Waals surface area contributed by atoms with Gasteiger partial charge in [-0.1, -0.05) is 11.6 Å². The van der Waals surface area contributed by atoms with Crippen LogP contribution < -0.4 is 0 Å². The van der Waals surface area contributed by atoms with Crippen LogP contribution in [0.25, 0.3) is 11.0 Å². The van der Waals surface area contributed by atoms with Gasteiger partial charge in [0.1, 0.15) is 11.9 Å². The average molecular weight is 326 g/mol. The third-order valence-electron chi connectivity index (χ3n) is 3.71. The number of likely N-dealkylation sites (tertiary alicyclic amines) is 1. The second-order valence-electron chi connectivity index (χ2n) is 4.98. The summed E-state index contributed by atoms with van der Waals surface area (Å²) < 4.78 is 1.80. The summed E-state index contributed by atoms with van der Waals surface area (Å²) in [5, 5.41) is 0.561. The topological polar surface area (TPSA) is 55.2 Å². The quantitative estimate of drug-likeness (QED) is 0.643. The van der Waals surface area contributed by atoms with E-state index in [-0.39, 0.29) is 18.2 Å². The molecule has 0 aliphatic carbocycles. The second-order valence-corrected chi connectivity index (χ2v) is 5.80. The number of imide groups is 1. The lowest BCUT2D eigenvalue weighted by atomic mass is 10.2. The molecule has 1 aromatic heterocycles.